The van der Waals surface area contributed by atoms with Crippen molar-refractivity contribution in [2.24, 2.45) is 5.41 Å². The van der Waals surface area contributed by atoms with Gasteiger partial charge in [0.05, 0.1) is 12.5 Å². The zero-order chi connectivity index (χ0) is 15.2. The fourth-order valence-electron chi connectivity index (χ4n) is 1.71. The Balaban J connectivity index is 2.40. The molecule has 110 valence electrons. The van der Waals surface area contributed by atoms with Crippen LogP contribution in [0.5, 0.6) is 5.75 Å². The molecule has 0 heterocycles. The van der Waals surface area contributed by atoms with Gasteiger partial charge in [-0.25, -0.2) is 0 Å². The molecular formula is C15H21NO4. The van der Waals surface area contributed by atoms with Gasteiger partial charge in [0.15, 0.2) is 0 Å². The van der Waals surface area contributed by atoms with Crippen molar-refractivity contribution in [3.05, 3.63) is 29.8 Å². The summed E-state index contributed by atoms with van der Waals surface area (Å²) < 4.78 is 5.12. The number of nitrogens with one attached hydrogen (secondary N) is 1. The predicted octanol–water partition coefficient (Wildman–Crippen LogP) is 1.85. The van der Waals surface area contributed by atoms with Crippen LogP contribution < -0.4 is 10.1 Å². The molecule has 2 N–H and O–H groups in total. The van der Waals surface area contributed by atoms with Gasteiger partial charge in [0.25, 0.3) is 0 Å². The molecule has 1 aromatic rings. The fourth-order valence-corrected chi connectivity index (χ4v) is 1.71. The quantitative estimate of drug-likeness (QED) is 0.798. The molecule has 0 spiro atoms. The number of ether oxygens (including phenoxy) is 1. The Labute approximate surface area is 118 Å². The summed E-state index contributed by atoms with van der Waals surface area (Å²) in [5, 5.41) is 11.7. The third-order valence-electron chi connectivity index (χ3n) is 3.05. The zero-order valence-corrected chi connectivity index (χ0v) is 12.1. The van der Waals surface area contributed by atoms with E-state index in [0.717, 1.165) is 11.3 Å². The number of rotatable bonds is 7. The molecule has 0 fully saturated rings. The van der Waals surface area contributed by atoms with Crippen LogP contribution >= 0.6 is 0 Å². The lowest BCUT2D eigenvalue weighted by atomic mass is 9.89. The minimum atomic E-state index is -1.04. The summed E-state index contributed by atoms with van der Waals surface area (Å²) in [5.41, 5.74) is 0.0159. The van der Waals surface area contributed by atoms with E-state index in [9.17, 15) is 9.59 Å². The van der Waals surface area contributed by atoms with Crippen molar-refractivity contribution < 1.29 is 19.4 Å². The molecule has 0 atom stereocenters. The Morgan fingerprint density at radius 3 is 2.65 bits per heavy atom. The van der Waals surface area contributed by atoms with Crippen LogP contribution in [0, 0.1) is 5.41 Å². The lowest BCUT2D eigenvalue weighted by molar-refractivity contribution is -0.149. The van der Waals surface area contributed by atoms with Gasteiger partial charge in [0.2, 0.25) is 5.91 Å². The lowest BCUT2D eigenvalue weighted by Crippen LogP contribution is -2.34. The second-order valence-electron chi connectivity index (χ2n) is 5.32. The SMILES string of the molecule is COc1cccc(CCNC(=O)CC(C)(C)C(=O)O)c1. The second kappa shape index (κ2) is 6.93. The highest BCUT2D eigenvalue weighted by Crippen LogP contribution is 2.20. The molecule has 0 aromatic heterocycles. The lowest BCUT2D eigenvalue weighted by Gasteiger charge is -2.18. The first-order valence-corrected chi connectivity index (χ1v) is 6.48. The average Bonchev–Trinajstić information content (AvgIpc) is 2.38. The second-order valence-corrected chi connectivity index (χ2v) is 5.32. The summed E-state index contributed by atoms with van der Waals surface area (Å²) in [4.78, 5) is 22.6. The molecule has 1 aromatic carbocycles. The van der Waals surface area contributed by atoms with Crippen molar-refractivity contribution in [2.45, 2.75) is 26.7 Å². The molecular weight excluding hydrogens is 258 g/mol. The van der Waals surface area contributed by atoms with Crippen molar-refractivity contribution in [1.29, 1.82) is 0 Å². The van der Waals surface area contributed by atoms with E-state index in [0.29, 0.717) is 13.0 Å². The number of hydrogen-bond acceptors (Lipinski definition) is 3. The predicted molar refractivity (Wildman–Crippen MR) is 75.7 cm³/mol. The Morgan fingerprint density at radius 1 is 1.35 bits per heavy atom. The van der Waals surface area contributed by atoms with Gasteiger partial charge < -0.3 is 15.2 Å². The minimum Gasteiger partial charge on any atom is -0.497 e. The van der Waals surface area contributed by atoms with E-state index in [-0.39, 0.29) is 12.3 Å². The van der Waals surface area contributed by atoms with Gasteiger partial charge >= 0.3 is 5.97 Å². The van der Waals surface area contributed by atoms with E-state index in [2.05, 4.69) is 5.32 Å². The van der Waals surface area contributed by atoms with Crippen molar-refractivity contribution in [1.82, 2.24) is 5.32 Å². The Hall–Kier alpha value is -2.04. The van der Waals surface area contributed by atoms with Crippen molar-refractivity contribution in [2.75, 3.05) is 13.7 Å². The zero-order valence-electron chi connectivity index (χ0n) is 12.1. The fraction of sp³-hybridized carbons (Fsp3) is 0.467. The maximum atomic E-state index is 11.7. The van der Waals surface area contributed by atoms with Crippen LogP contribution in [-0.2, 0) is 16.0 Å². The molecule has 0 unspecified atom stereocenters. The highest BCUT2D eigenvalue weighted by atomic mass is 16.5. The number of amides is 1. The van der Waals surface area contributed by atoms with E-state index < -0.39 is 11.4 Å². The van der Waals surface area contributed by atoms with Gasteiger partial charge in [0, 0.05) is 13.0 Å². The largest absolute Gasteiger partial charge is 0.497 e. The number of carbonyl (C=O) groups is 2. The number of carboxylic acids is 1. The third kappa shape index (κ3) is 4.91. The van der Waals surface area contributed by atoms with Gasteiger partial charge in [-0.2, -0.15) is 0 Å². The first kappa shape index (κ1) is 16.0. The van der Waals surface area contributed by atoms with Crippen LogP contribution in [0.3, 0.4) is 0 Å². The molecule has 5 nitrogen and oxygen atoms in total. The normalized spacial score (nSPS) is 10.9. The molecule has 0 radical (unpaired) electrons. The smallest absolute Gasteiger partial charge is 0.309 e. The van der Waals surface area contributed by atoms with Crippen LogP contribution in [0.4, 0.5) is 0 Å². The molecule has 5 heteroatoms. The molecule has 20 heavy (non-hydrogen) atoms. The van der Waals surface area contributed by atoms with Gasteiger partial charge in [0.1, 0.15) is 5.75 Å². The van der Waals surface area contributed by atoms with E-state index in [1.165, 1.54) is 13.8 Å². The number of carboxylic acid groups (broad SMARTS) is 1. The minimum absolute atomic E-state index is 0.0273. The molecule has 0 bridgehead atoms. The Kier molecular flexibility index (Phi) is 5.55. The monoisotopic (exact) mass is 279 g/mol. The van der Waals surface area contributed by atoms with Gasteiger partial charge in [-0.05, 0) is 38.0 Å². The highest BCUT2D eigenvalue weighted by molar-refractivity contribution is 5.84. The maximum Gasteiger partial charge on any atom is 0.309 e. The van der Waals surface area contributed by atoms with Gasteiger partial charge in [-0.1, -0.05) is 12.1 Å². The first-order chi connectivity index (χ1) is 9.35. The van der Waals surface area contributed by atoms with Gasteiger partial charge in [-0.3, -0.25) is 9.59 Å². The Morgan fingerprint density at radius 2 is 2.05 bits per heavy atom. The molecule has 0 aliphatic rings. The number of carbonyl (C=O) groups excluding carboxylic acids is 1. The maximum absolute atomic E-state index is 11.7. The standard InChI is InChI=1S/C15H21NO4/c1-15(2,14(18)19)10-13(17)16-8-7-11-5-4-6-12(9-11)20-3/h4-6,9H,7-8,10H2,1-3H3,(H,16,17)(H,18,19). The highest BCUT2D eigenvalue weighted by Gasteiger charge is 2.29. The van der Waals surface area contributed by atoms with E-state index in [1.54, 1.807) is 7.11 Å². The summed E-state index contributed by atoms with van der Waals surface area (Å²) in [6, 6.07) is 7.62. The van der Waals surface area contributed by atoms with Crippen LogP contribution in [0.25, 0.3) is 0 Å². The summed E-state index contributed by atoms with van der Waals surface area (Å²) in [6.07, 6.45) is 0.650. The molecule has 0 saturated carbocycles. The summed E-state index contributed by atoms with van der Waals surface area (Å²) in [7, 11) is 1.61. The number of benzene rings is 1. The van der Waals surface area contributed by atoms with Crippen LogP contribution in [0.15, 0.2) is 24.3 Å². The number of aliphatic carboxylic acids is 1. The third-order valence-corrected chi connectivity index (χ3v) is 3.05. The topological polar surface area (TPSA) is 75.6 Å². The average molecular weight is 279 g/mol. The first-order valence-electron chi connectivity index (χ1n) is 6.48. The summed E-state index contributed by atoms with van der Waals surface area (Å²) in [5.74, 6) is -0.443. The van der Waals surface area contributed by atoms with E-state index in [1.807, 2.05) is 24.3 Å². The van der Waals surface area contributed by atoms with Crippen molar-refractivity contribution in [3.63, 3.8) is 0 Å². The molecule has 0 aliphatic carbocycles. The molecule has 0 aliphatic heterocycles. The summed E-state index contributed by atoms with van der Waals surface area (Å²) >= 11 is 0. The molecule has 1 rings (SSSR count). The van der Waals surface area contributed by atoms with Crippen molar-refractivity contribution >= 4 is 11.9 Å². The van der Waals surface area contributed by atoms with Crippen molar-refractivity contribution in [3.8, 4) is 5.75 Å². The van der Waals surface area contributed by atoms with Crippen LogP contribution in [0.1, 0.15) is 25.8 Å². The van der Waals surface area contributed by atoms with E-state index in [4.69, 9.17) is 9.84 Å². The van der Waals surface area contributed by atoms with E-state index >= 15 is 0 Å². The van der Waals surface area contributed by atoms with Gasteiger partial charge in [-0.15, -0.1) is 0 Å². The van der Waals surface area contributed by atoms with Crippen LogP contribution in [-0.4, -0.2) is 30.6 Å². The Bertz CT molecular complexity index is 483. The summed E-state index contributed by atoms with van der Waals surface area (Å²) in [6.45, 7) is 3.55. The number of methoxy groups -OCH3 is 1. The van der Waals surface area contributed by atoms with Crippen LogP contribution in [0.2, 0.25) is 0 Å². The number of hydrogen-bond donors (Lipinski definition) is 2. The molecule has 1 amide bonds. The molecule has 0 saturated heterocycles.